The molecule has 8 heteroatoms. The summed E-state index contributed by atoms with van der Waals surface area (Å²) in [6, 6.07) is 22.2. The number of nitrogens with one attached hydrogen (secondary N) is 1. The van der Waals surface area contributed by atoms with Gasteiger partial charge in [-0.3, -0.25) is 9.59 Å². The lowest BCUT2D eigenvalue weighted by atomic mass is 9.99. The number of hydrogen-bond donors (Lipinski definition) is 1. The highest BCUT2D eigenvalue weighted by atomic mass is 16.2. The molecular formula is C28H27N5O3. The maximum absolute atomic E-state index is 13.9. The highest BCUT2D eigenvalue weighted by molar-refractivity contribution is 5.93. The van der Waals surface area contributed by atoms with E-state index in [1.54, 1.807) is 14.8 Å². The lowest BCUT2D eigenvalue weighted by Gasteiger charge is -2.46. The SMILES string of the molecule is C#CCN(C(=O)NC)N1CC(=O)N2[C@@H](c3ccccc3)C(=O)N(Cc3cccc4ccccc34)C[C@@H]21. The Morgan fingerprint density at radius 2 is 1.78 bits per heavy atom. The largest absolute Gasteiger partial charge is 0.340 e. The van der Waals surface area contributed by atoms with Gasteiger partial charge in [0.05, 0.1) is 19.6 Å². The van der Waals surface area contributed by atoms with Crippen molar-refractivity contribution < 1.29 is 14.4 Å². The number of fused-ring (bicyclic) bond motifs is 2. The number of hydrogen-bond acceptors (Lipinski definition) is 4. The van der Waals surface area contributed by atoms with Crippen LogP contribution in [0, 0.1) is 12.3 Å². The Hall–Kier alpha value is -4.35. The molecule has 2 atom stereocenters. The van der Waals surface area contributed by atoms with Gasteiger partial charge in [-0.15, -0.1) is 6.42 Å². The van der Waals surface area contributed by atoms with Crippen LogP contribution in [0.2, 0.25) is 0 Å². The average Bonchev–Trinajstić information content (AvgIpc) is 3.23. The van der Waals surface area contributed by atoms with E-state index in [0.29, 0.717) is 6.54 Å². The van der Waals surface area contributed by atoms with Crippen LogP contribution in [0.5, 0.6) is 0 Å². The van der Waals surface area contributed by atoms with E-state index >= 15 is 0 Å². The zero-order valence-electron chi connectivity index (χ0n) is 20.0. The van der Waals surface area contributed by atoms with Gasteiger partial charge in [0.15, 0.2) is 0 Å². The van der Waals surface area contributed by atoms with E-state index in [2.05, 4.69) is 11.2 Å². The van der Waals surface area contributed by atoms with Crippen molar-refractivity contribution in [2.45, 2.75) is 18.8 Å². The lowest BCUT2D eigenvalue weighted by Crippen LogP contribution is -2.62. The number of benzene rings is 3. The van der Waals surface area contributed by atoms with Gasteiger partial charge >= 0.3 is 6.03 Å². The molecule has 5 rings (SSSR count). The Bertz CT molecular complexity index is 1350. The minimum Gasteiger partial charge on any atom is -0.340 e. The predicted octanol–water partition coefficient (Wildman–Crippen LogP) is 2.58. The maximum atomic E-state index is 13.9. The van der Waals surface area contributed by atoms with Gasteiger partial charge in [0.25, 0.3) is 5.91 Å². The first-order chi connectivity index (χ1) is 17.5. The monoisotopic (exact) mass is 481 g/mol. The van der Waals surface area contributed by atoms with Crippen molar-refractivity contribution >= 4 is 28.6 Å². The van der Waals surface area contributed by atoms with Crippen LogP contribution in [-0.4, -0.2) is 70.5 Å². The Kier molecular flexibility index (Phi) is 6.32. The van der Waals surface area contributed by atoms with Crippen LogP contribution >= 0.6 is 0 Å². The summed E-state index contributed by atoms with van der Waals surface area (Å²) < 4.78 is 0. The molecule has 8 nitrogen and oxygen atoms in total. The molecule has 2 aliphatic heterocycles. The zero-order chi connectivity index (χ0) is 25.2. The second kappa shape index (κ2) is 9.72. The number of amides is 4. The van der Waals surface area contributed by atoms with Crippen LogP contribution in [0.15, 0.2) is 72.8 Å². The summed E-state index contributed by atoms with van der Waals surface area (Å²) >= 11 is 0. The van der Waals surface area contributed by atoms with E-state index in [0.717, 1.165) is 21.9 Å². The standard InChI is InChI=1S/C28H27N5O3/c1-3-16-31(28(36)29-2)32-19-25(34)33-24(32)18-30(27(35)26(33)21-11-5-4-6-12-21)17-22-14-9-13-20-10-7-8-15-23(20)22/h1,4-15,24,26H,16-19H2,2H3,(H,29,36)/t24-,26+/m1/s1. The highest BCUT2D eigenvalue weighted by Gasteiger charge is 2.52. The molecule has 0 bridgehead atoms. The van der Waals surface area contributed by atoms with Crippen LogP contribution in [0.1, 0.15) is 17.2 Å². The summed E-state index contributed by atoms with van der Waals surface area (Å²) in [5.41, 5.74) is 1.75. The van der Waals surface area contributed by atoms with Gasteiger partial charge < -0.3 is 15.1 Å². The molecule has 3 aromatic carbocycles. The summed E-state index contributed by atoms with van der Waals surface area (Å²) in [5.74, 6) is 2.13. The van der Waals surface area contributed by atoms with Crippen molar-refractivity contribution in [2.75, 3.05) is 26.7 Å². The molecule has 3 aromatic rings. The summed E-state index contributed by atoms with van der Waals surface area (Å²) in [6.45, 7) is 0.587. The van der Waals surface area contributed by atoms with E-state index in [1.807, 2.05) is 72.8 Å². The van der Waals surface area contributed by atoms with Gasteiger partial charge in [-0.05, 0) is 21.9 Å². The fraction of sp³-hybridized carbons (Fsp3) is 0.250. The quantitative estimate of drug-likeness (QED) is 0.569. The van der Waals surface area contributed by atoms with E-state index in [-0.39, 0.29) is 31.4 Å². The smallest absolute Gasteiger partial charge is 0.332 e. The number of piperazine rings is 1. The molecule has 0 saturated carbocycles. The number of carbonyl (C=O) groups is 3. The topological polar surface area (TPSA) is 76.2 Å². The predicted molar refractivity (Wildman–Crippen MR) is 136 cm³/mol. The normalized spacial score (nSPS) is 19.8. The highest BCUT2D eigenvalue weighted by Crippen LogP contribution is 2.36. The molecule has 0 aromatic heterocycles. The number of urea groups is 1. The Labute approximate surface area is 210 Å². The van der Waals surface area contributed by atoms with Crippen LogP contribution in [0.3, 0.4) is 0 Å². The van der Waals surface area contributed by atoms with Crippen molar-refractivity contribution in [3.8, 4) is 12.3 Å². The first-order valence-electron chi connectivity index (χ1n) is 11.8. The molecule has 0 aliphatic carbocycles. The zero-order valence-corrected chi connectivity index (χ0v) is 20.0. The van der Waals surface area contributed by atoms with Crippen molar-refractivity contribution in [2.24, 2.45) is 0 Å². The molecule has 0 spiro atoms. The molecule has 2 heterocycles. The Morgan fingerprint density at radius 1 is 1.06 bits per heavy atom. The molecule has 2 fully saturated rings. The Morgan fingerprint density at radius 3 is 2.53 bits per heavy atom. The molecule has 2 saturated heterocycles. The van der Waals surface area contributed by atoms with Crippen LogP contribution in [-0.2, 0) is 16.1 Å². The van der Waals surface area contributed by atoms with E-state index in [1.165, 1.54) is 12.1 Å². The third-order valence-electron chi connectivity index (χ3n) is 6.81. The molecular weight excluding hydrogens is 454 g/mol. The molecule has 182 valence electrons. The van der Waals surface area contributed by atoms with Crippen LogP contribution < -0.4 is 5.32 Å². The minimum atomic E-state index is -0.796. The number of carbonyl (C=O) groups excluding carboxylic acids is 3. The van der Waals surface area contributed by atoms with Crippen molar-refractivity contribution in [3.63, 3.8) is 0 Å². The second-order valence-corrected chi connectivity index (χ2v) is 8.87. The minimum absolute atomic E-state index is 0.00453. The lowest BCUT2D eigenvalue weighted by molar-refractivity contribution is -0.158. The molecule has 0 unspecified atom stereocenters. The molecule has 2 aliphatic rings. The average molecular weight is 482 g/mol. The van der Waals surface area contributed by atoms with Gasteiger partial charge in [-0.2, -0.15) is 5.01 Å². The third kappa shape index (κ3) is 4.04. The fourth-order valence-corrected chi connectivity index (χ4v) is 5.17. The van der Waals surface area contributed by atoms with Gasteiger partial charge in [0, 0.05) is 13.6 Å². The number of nitrogens with zero attached hydrogens (tertiary/aromatic N) is 4. The number of hydrazine groups is 1. The number of terminal acetylenes is 1. The molecule has 0 radical (unpaired) electrons. The molecule has 36 heavy (non-hydrogen) atoms. The van der Waals surface area contributed by atoms with Gasteiger partial charge in [-0.1, -0.05) is 78.7 Å². The van der Waals surface area contributed by atoms with Gasteiger partial charge in [-0.25, -0.2) is 9.80 Å². The first-order valence-corrected chi connectivity index (χ1v) is 11.8. The van der Waals surface area contributed by atoms with Crippen molar-refractivity contribution in [1.29, 1.82) is 0 Å². The molecule has 4 amide bonds. The first kappa shape index (κ1) is 23.4. The van der Waals surface area contributed by atoms with E-state index < -0.39 is 18.2 Å². The fourth-order valence-electron chi connectivity index (χ4n) is 5.17. The summed E-state index contributed by atoms with van der Waals surface area (Å²) in [5, 5.41) is 7.82. The van der Waals surface area contributed by atoms with E-state index in [9.17, 15) is 14.4 Å². The van der Waals surface area contributed by atoms with Crippen molar-refractivity contribution in [1.82, 2.24) is 25.1 Å². The summed E-state index contributed by atoms with van der Waals surface area (Å²) in [6.07, 6.45) is 5.01. The molecule has 1 N–H and O–H groups in total. The van der Waals surface area contributed by atoms with Crippen molar-refractivity contribution in [3.05, 3.63) is 83.9 Å². The van der Waals surface area contributed by atoms with Crippen LogP contribution in [0.25, 0.3) is 10.8 Å². The summed E-state index contributed by atoms with van der Waals surface area (Å²) in [4.78, 5) is 43.3. The second-order valence-electron chi connectivity index (χ2n) is 8.87. The maximum Gasteiger partial charge on any atom is 0.332 e. The Balaban J connectivity index is 1.56. The summed E-state index contributed by atoms with van der Waals surface area (Å²) in [7, 11) is 1.52. The van der Waals surface area contributed by atoms with Gasteiger partial charge in [0.1, 0.15) is 12.2 Å². The third-order valence-corrected chi connectivity index (χ3v) is 6.81. The van der Waals surface area contributed by atoms with Crippen LogP contribution in [0.4, 0.5) is 4.79 Å². The van der Waals surface area contributed by atoms with Gasteiger partial charge in [0.2, 0.25) is 5.91 Å². The number of rotatable bonds is 5. The van der Waals surface area contributed by atoms with E-state index in [4.69, 9.17) is 6.42 Å².